The Hall–Kier alpha value is -0.990. The molecule has 8 heteroatoms. The van der Waals surface area contributed by atoms with Crippen LogP contribution in [0.4, 0.5) is 5.00 Å². The Kier molecular flexibility index (Phi) is 2.64. The fourth-order valence-corrected chi connectivity index (χ4v) is 2.45. The average molecular weight is 223 g/mol. The molecule has 1 heterocycles. The number of thiophene rings is 1. The van der Waals surface area contributed by atoms with Crippen LogP contribution in [-0.4, -0.2) is 20.5 Å². The van der Waals surface area contributed by atoms with E-state index < -0.39 is 15.0 Å². The van der Waals surface area contributed by atoms with Crippen molar-refractivity contribution >= 4 is 26.5 Å². The molecule has 72 valence electrons. The summed E-state index contributed by atoms with van der Waals surface area (Å²) in [5.74, 6) is 0. The monoisotopic (exact) mass is 223 g/mol. The van der Waals surface area contributed by atoms with Gasteiger partial charge in [0.1, 0.15) is 0 Å². The van der Waals surface area contributed by atoms with Crippen molar-refractivity contribution in [1.82, 2.24) is 0 Å². The molecular formula is C5H5NO5S2. The standard InChI is InChI=1S/C5H5NO5S2/c1-11-13(9,10)5-3-2-4(12-5)6(7)8/h2-3H,1H3. The first-order valence-electron chi connectivity index (χ1n) is 3.02. The molecule has 0 saturated heterocycles. The minimum absolute atomic E-state index is 0.165. The van der Waals surface area contributed by atoms with Gasteiger partial charge in [-0.05, 0) is 17.4 Å². The van der Waals surface area contributed by atoms with Crippen molar-refractivity contribution in [1.29, 1.82) is 0 Å². The molecule has 0 aliphatic carbocycles. The molecule has 0 fully saturated rings. The van der Waals surface area contributed by atoms with Crippen LogP contribution in [0.1, 0.15) is 0 Å². The molecule has 0 aromatic carbocycles. The summed E-state index contributed by atoms with van der Waals surface area (Å²) >= 11 is 0.560. The Labute approximate surface area is 78.0 Å². The van der Waals surface area contributed by atoms with Gasteiger partial charge < -0.3 is 0 Å². The normalized spacial score (nSPS) is 11.5. The van der Waals surface area contributed by atoms with Crippen LogP contribution in [-0.2, 0) is 14.3 Å². The van der Waals surface area contributed by atoms with E-state index in [4.69, 9.17) is 0 Å². The van der Waals surface area contributed by atoms with E-state index in [1.165, 1.54) is 0 Å². The first kappa shape index (κ1) is 10.1. The molecule has 13 heavy (non-hydrogen) atoms. The molecule has 6 nitrogen and oxygen atoms in total. The molecule has 0 atom stereocenters. The number of hydrogen-bond donors (Lipinski definition) is 0. The van der Waals surface area contributed by atoms with Gasteiger partial charge in [-0.25, -0.2) is 0 Å². The van der Waals surface area contributed by atoms with E-state index in [1.807, 2.05) is 0 Å². The van der Waals surface area contributed by atoms with Crippen molar-refractivity contribution in [3.05, 3.63) is 22.2 Å². The first-order valence-corrected chi connectivity index (χ1v) is 5.24. The highest BCUT2D eigenvalue weighted by molar-refractivity contribution is 7.89. The summed E-state index contributed by atoms with van der Waals surface area (Å²) in [6, 6.07) is 2.26. The highest BCUT2D eigenvalue weighted by atomic mass is 32.3. The maximum atomic E-state index is 11.0. The lowest BCUT2D eigenvalue weighted by molar-refractivity contribution is -0.380. The van der Waals surface area contributed by atoms with Gasteiger partial charge in [0.25, 0.3) is 0 Å². The van der Waals surface area contributed by atoms with Crippen LogP contribution in [0.25, 0.3) is 0 Å². The van der Waals surface area contributed by atoms with Crippen molar-refractivity contribution in [3.8, 4) is 0 Å². The molecule has 0 bridgehead atoms. The molecule has 0 unspecified atom stereocenters. The summed E-state index contributed by atoms with van der Waals surface area (Å²) < 4.78 is 26.0. The summed E-state index contributed by atoms with van der Waals surface area (Å²) in [5.41, 5.74) is 0. The molecule has 0 spiro atoms. The van der Waals surface area contributed by atoms with Crippen LogP contribution in [0.5, 0.6) is 0 Å². The highest BCUT2D eigenvalue weighted by Crippen LogP contribution is 2.28. The van der Waals surface area contributed by atoms with Crippen molar-refractivity contribution in [3.63, 3.8) is 0 Å². The summed E-state index contributed by atoms with van der Waals surface area (Å²) in [5, 5.41) is 9.98. The molecule has 1 aromatic rings. The van der Waals surface area contributed by atoms with E-state index >= 15 is 0 Å². The Bertz CT molecular complexity index is 420. The van der Waals surface area contributed by atoms with Crippen LogP contribution in [0.15, 0.2) is 16.3 Å². The SMILES string of the molecule is COS(=O)(=O)c1ccc([N+](=O)[O-])s1. The van der Waals surface area contributed by atoms with Gasteiger partial charge in [0.05, 0.1) is 12.0 Å². The summed E-state index contributed by atoms with van der Waals surface area (Å²) in [7, 11) is -2.80. The molecule has 0 amide bonds. The van der Waals surface area contributed by atoms with E-state index in [-0.39, 0.29) is 9.21 Å². The second-order valence-corrected chi connectivity index (χ2v) is 4.97. The zero-order chi connectivity index (χ0) is 10.1. The van der Waals surface area contributed by atoms with Crippen LogP contribution < -0.4 is 0 Å². The van der Waals surface area contributed by atoms with E-state index in [0.29, 0.717) is 11.3 Å². The minimum Gasteiger partial charge on any atom is -0.269 e. The Morgan fingerprint density at radius 2 is 2.15 bits per heavy atom. The number of rotatable bonds is 3. The van der Waals surface area contributed by atoms with E-state index in [2.05, 4.69) is 4.18 Å². The molecule has 0 aliphatic rings. The van der Waals surface area contributed by atoms with Gasteiger partial charge in [-0.15, -0.1) is 0 Å². The molecule has 0 saturated carbocycles. The lowest BCUT2D eigenvalue weighted by Crippen LogP contribution is -1.99. The predicted molar refractivity (Wildman–Crippen MR) is 45.2 cm³/mol. The van der Waals surface area contributed by atoms with Crippen LogP contribution in [0.3, 0.4) is 0 Å². The van der Waals surface area contributed by atoms with Crippen LogP contribution in [0, 0.1) is 10.1 Å². The molecular weight excluding hydrogens is 218 g/mol. The van der Waals surface area contributed by atoms with E-state index in [1.54, 1.807) is 0 Å². The molecule has 0 N–H and O–H groups in total. The lowest BCUT2D eigenvalue weighted by atomic mass is 10.6. The summed E-state index contributed by atoms with van der Waals surface area (Å²) in [6.07, 6.45) is 0. The van der Waals surface area contributed by atoms with Gasteiger partial charge in [-0.3, -0.25) is 14.3 Å². The van der Waals surface area contributed by atoms with Gasteiger partial charge >= 0.3 is 15.1 Å². The van der Waals surface area contributed by atoms with Crippen LogP contribution >= 0.6 is 11.3 Å². The third kappa shape index (κ3) is 2.02. The minimum atomic E-state index is -3.80. The van der Waals surface area contributed by atoms with Crippen molar-refractivity contribution in [2.45, 2.75) is 4.21 Å². The lowest BCUT2D eigenvalue weighted by Gasteiger charge is -1.93. The Morgan fingerprint density at radius 1 is 1.54 bits per heavy atom. The fourth-order valence-electron chi connectivity index (χ4n) is 0.625. The zero-order valence-corrected chi connectivity index (χ0v) is 8.09. The zero-order valence-electron chi connectivity index (χ0n) is 6.46. The molecule has 1 rings (SSSR count). The molecule has 0 aliphatic heterocycles. The van der Waals surface area contributed by atoms with Gasteiger partial charge in [-0.2, -0.15) is 8.42 Å². The first-order chi connectivity index (χ1) is 5.97. The quantitative estimate of drug-likeness (QED) is 0.433. The van der Waals surface area contributed by atoms with Gasteiger partial charge in [0.15, 0.2) is 4.21 Å². The second kappa shape index (κ2) is 3.40. The molecule has 0 radical (unpaired) electrons. The third-order valence-corrected chi connectivity index (χ3v) is 3.97. The van der Waals surface area contributed by atoms with Crippen molar-refractivity contribution in [2.75, 3.05) is 7.11 Å². The van der Waals surface area contributed by atoms with Crippen molar-refractivity contribution < 1.29 is 17.5 Å². The maximum Gasteiger partial charge on any atom is 0.325 e. The van der Waals surface area contributed by atoms with Crippen LogP contribution in [0.2, 0.25) is 0 Å². The second-order valence-electron chi connectivity index (χ2n) is 1.97. The predicted octanol–water partition coefficient (Wildman–Crippen LogP) is 0.991. The van der Waals surface area contributed by atoms with Gasteiger partial charge in [-0.1, -0.05) is 0 Å². The van der Waals surface area contributed by atoms with Crippen molar-refractivity contribution in [2.24, 2.45) is 0 Å². The average Bonchev–Trinajstić information content (AvgIpc) is 2.52. The van der Waals surface area contributed by atoms with Gasteiger partial charge in [0, 0.05) is 6.07 Å². The summed E-state index contributed by atoms with van der Waals surface area (Å²) in [6.45, 7) is 0. The Balaban J connectivity index is 3.13. The topological polar surface area (TPSA) is 86.5 Å². The number of nitrogens with zero attached hydrogens (tertiary/aromatic N) is 1. The number of nitro groups is 1. The van der Waals surface area contributed by atoms with E-state index in [0.717, 1.165) is 19.2 Å². The van der Waals surface area contributed by atoms with E-state index in [9.17, 15) is 18.5 Å². The fraction of sp³-hybridized carbons (Fsp3) is 0.200. The maximum absolute atomic E-state index is 11.0. The Morgan fingerprint density at radius 3 is 2.54 bits per heavy atom. The highest BCUT2D eigenvalue weighted by Gasteiger charge is 2.19. The largest absolute Gasteiger partial charge is 0.325 e. The molecule has 1 aromatic heterocycles. The number of hydrogen-bond acceptors (Lipinski definition) is 6. The third-order valence-electron chi connectivity index (χ3n) is 1.21. The smallest absolute Gasteiger partial charge is 0.269 e. The van der Waals surface area contributed by atoms with Gasteiger partial charge in [0.2, 0.25) is 0 Å². The summed E-state index contributed by atoms with van der Waals surface area (Å²) in [4.78, 5) is 9.56.